The highest BCUT2D eigenvalue weighted by Gasteiger charge is 2.10. The molecule has 2 aromatic heterocycles. The van der Waals surface area contributed by atoms with E-state index in [-0.39, 0.29) is 11.4 Å². The van der Waals surface area contributed by atoms with Crippen molar-refractivity contribution in [2.24, 2.45) is 0 Å². The molecule has 0 unspecified atom stereocenters. The fourth-order valence-corrected chi connectivity index (χ4v) is 4.57. The third-order valence-corrected chi connectivity index (χ3v) is 6.14. The number of thioether (sulfide) groups is 1. The molecule has 27 heavy (non-hydrogen) atoms. The molecule has 0 aliphatic carbocycles. The van der Waals surface area contributed by atoms with E-state index in [2.05, 4.69) is 31.4 Å². The Balaban J connectivity index is 1.50. The van der Waals surface area contributed by atoms with Gasteiger partial charge < -0.3 is 9.73 Å². The van der Waals surface area contributed by atoms with Gasteiger partial charge >= 0.3 is 5.63 Å². The molecule has 136 valence electrons. The highest BCUT2D eigenvalue weighted by Crippen LogP contribution is 2.32. The molecule has 0 aliphatic heterocycles. The lowest BCUT2D eigenvalue weighted by molar-refractivity contribution is 0.559. The first-order valence-electron chi connectivity index (χ1n) is 7.78. The Bertz CT molecular complexity index is 1180. The monoisotopic (exact) mass is 463 g/mol. The lowest BCUT2D eigenvalue weighted by Gasteiger charge is -2.04. The van der Waals surface area contributed by atoms with E-state index in [1.165, 1.54) is 41.3 Å². The smallest absolute Gasteiger partial charge is 0.336 e. The molecule has 4 aromatic rings. The van der Waals surface area contributed by atoms with E-state index >= 15 is 0 Å². The Morgan fingerprint density at radius 2 is 2.07 bits per heavy atom. The van der Waals surface area contributed by atoms with Gasteiger partial charge in [0.25, 0.3) is 0 Å². The van der Waals surface area contributed by atoms with Crippen LogP contribution in [0.5, 0.6) is 0 Å². The molecule has 0 spiro atoms. The summed E-state index contributed by atoms with van der Waals surface area (Å²) in [5.41, 5.74) is 1.63. The lowest BCUT2D eigenvalue weighted by atomic mass is 10.1. The van der Waals surface area contributed by atoms with Crippen LogP contribution in [0.4, 0.5) is 15.2 Å². The van der Waals surface area contributed by atoms with Crippen LogP contribution < -0.4 is 10.9 Å². The van der Waals surface area contributed by atoms with Gasteiger partial charge in [-0.3, -0.25) is 0 Å². The standard InChI is InChI=1S/C18H11BrFN3O2S2/c19-11-4-5-14-10(6-16(24)25-15(14)7-11)9-26-18-23-22-17(27-18)21-13-3-1-2-12(20)8-13/h1-8H,9H2,(H,21,22). The third kappa shape index (κ3) is 4.37. The molecule has 9 heteroatoms. The van der Waals surface area contributed by atoms with Crippen LogP contribution in [-0.2, 0) is 5.75 Å². The summed E-state index contributed by atoms with van der Waals surface area (Å²) in [6.45, 7) is 0. The van der Waals surface area contributed by atoms with Crippen LogP contribution in [0, 0.1) is 5.82 Å². The van der Waals surface area contributed by atoms with Gasteiger partial charge in [0.1, 0.15) is 11.4 Å². The van der Waals surface area contributed by atoms with Crippen LogP contribution in [-0.4, -0.2) is 10.2 Å². The zero-order chi connectivity index (χ0) is 18.8. The number of halogens is 2. The van der Waals surface area contributed by atoms with Crippen LogP contribution in [0.3, 0.4) is 0 Å². The molecule has 0 radical (unpaired) electrons. The molecule has 4 rings (SSSR count). The number of hydrogen-bond acceptors (Lipinski definition) is 7. The minimum absolute atomic E-state index is 0.319. The van der Waals surface area contributed by atoms with E-state index in [9.17, 15) is 9.18 Å². The van der Waals surface area contributed by atoms with E-state index in [0.29, 0.717) is 22.2 Å². The first-order chi connectivity index (χ1) is 13.1. The molecule has 0 bridgehead atoms. The largest absolute Gasteiger partial charge is 0.423 e. The summed E-state index contributed by atoms with van der Waals surface area (Å²) in [6, 6.07) is 13.2. The fourth-order valence-electron chi connectivity index (χ4n) is 2.47. The molecule has 0 saturated heterocycles. The Kier molecular flexibility index (Phi) is 5.24. The summed E-state index contributed by atoms with van der Waals surface area (Å²) in [6.07, 6.45) is 0. The number of nitrogens with one attached hydrogen (secondary N) is 1. The van der Waals surface area contributed by atoms with Gasteiger partial charge in [-0.25, -0.2) is 9.18 Å². The topological polar surface area (TPSA) is 68.0 Å². The third-order valence-electron chi connectivity index (χ3n) is 3.63. The molecule has 1 N–H and O–H groups in total. The quantitative estimate of drug-likeness (QED) is 0.307. The number of rotatable bonds is 5. The summed E-state index contributed by atoms with van der Waals surface area (Å²) in [5, 5.41) is 12.7. The van der Waals surface area contributed by atoms with E-state index < -0.39 is 0 Å². The maximum atomic E-state index is 13.3. The van der Waals surface area contributed by atoms with Crippen molar-refractivity contribution in [2.75, 3.05) is 5.32 Å². The van der Waals surface area contributed by atoms with Crippen LogP contribution in [0.1, 0.15) is 5.56 Å². The van der Waals surface area contributed by atoms with Crippen molar-refractivity contribution in [1.29, 1.82) is 0 Å². The summed E-state index contributed by atoms with van der Waals surface area (Å²) in [4.78, 5) is 11.8. The molecule has 5 nitrogen and oxygen atoms in total. The molecule has 0 fully saturated rings. The highest BCUT2D eigenvalue weighted by atomic mass is 79.9. The van der Waals surface area contributed by atoms with Crippen molar-refractivity contribution in [1.82, 2.24) is 10.2 Å². The second kappa shape index (κ2) is 7.79. The SMILES string of the molecule is O=c1cc(CSc2nnc(Nc3cccc(F)c3)s2)c2ccc(Br)cc2o1. The first kappa shape index (κ1) is 18.1. The second-order valence-electron chi connectivity index (χ2n) is 5.53. The van der Waals surface area contributed by atoms with Crippen molar-refractivity contribution in [3.05, 3.63) is 74.8 Å². The molecule has 2 aromatic carbocycles. The fraction of sp³-hybridized carbons (Fsp3) is 0.0556. The minimum atomic E-state index is -0.387. The molecule has 0 saturated carbocycles. The number of fused-ring (bicyclic) bond motifs is 1. The number of aromatic nitrogens is 2. The van der Waals surface area contributed by atoms with E-state index in [0.717, 1.165) is 19.8 Å². The van der Waals surface area contributed by atoms with Gasteiger partial charge in [-0.05, 0) is 42.0 Å². The number of hydrogen-bond donors (Lipinski definition) is 1. The van der Waals surface area contributed by atoms with Crippen LogP contribution >= 0.6 is 39.0 Å². The van der Waals surface area contributed by atoms with Gasteiger partial charge in [-0.15, -0.1) is 10.2 Å². The van der Waals surface area contributed by atoms with Crippen LogP contribution in [0.25, 0.3) is 11.0 Å². The minimum Gasteiger partial charge on any atom is -0.423 e. The summed E-state index contributed by atoms with van der Waals surface area (Å²) in [5.74, 6) is 0.235. The van der Waals surface area contributed by atoms with E-state index in [4.69, 9.17) is 4.42 Å². The van der Waals surface area contributed by atoms with E-state index in [1.54, 1.807) is 18.2 Å². The van der Waals surface area contributed by atoms with Crippen molar-refractivity contribution in [3.63, 3.8) is 0 Å². The van der Waals surface area contributed by atoms with Crippen LogP contribution in [0.15, 0.2) is 66.6 Å². The maximum absolute atomic E-state index is 13.3. The van der Waals surface area contributed by atoms with Crippen molar-refractivity contribution < 1.29 is 8.81 Å². The Labute approximate surface area is 169 Å². The summed E-state index contributed by atoms with van der Waals surface area (Å²) >= 11 is 6.21. The van der Waals surface area contributed by atoms with Crippen molar-refractivity contribution in [3.8, 4) is 0 Å². The summed E-state index contributed by atoms with van der Waals surface area (Å²) < 4.78 is 20.1. The van der Waals surface area contributed by atoms with Gasteiger partial charge in [-0.2, -0.15) is 0 Å². The molecule has 0 amide bonds. The predicted octanol–water partition coefficient (Wildman–Crippen LogP) is 5.58. The van der Waals surface area contributed by atoms with Gasteiger partial charge in [0.05, 0.1) is 0 Å². The highest BCUT2D eigenvalue weighted by molar-refractivity contribution is 9.10. The number of nitrogens with zero attached hydrogens (tertiary/aromatic N) is 2. The first-order valence-corrected chi connectivity index (χ1v) is 10.4. The normalized spacial score (nSPS) is 11.0. The van der Waals surface area contributed by atoms with Gasteiger partial charge in [-0.1, -0.05) is 45.1 Å². The Morgan fingerprint density at radius 3 is 2.93 bits per heavy atom. The lowest BCUT2D eigenvalue weighted by Crippen LogP contribution is -1.99. The van der Waals surface area contributed by atoms with Gasteiger partial charge in [0.15, 0.2) is 4.34 Å². The maximum Gasteiger partial charge on any atom is 0.336 e. The molecular weight excluding hydrogens is 453 g/mol. The van der Waals surface area contributed by atoms with Crippen molar-refractivity contribution in [2.45, 2.75) is 10.1 Å². The average molecular weight is 464 g/mol. The average Bonchev–Trinajstić information content (AvgIpc) is 3.06. The Hall–Kier alpha value is -2.23. The number of anilines is 2. The number of benzene rings is 2. The summed E-state index contributed by atoms with van der Waals surface area (Å²) in [7, 11) is 0. The zero-order valence-corrected chi connectivity index (χ0v) is 16.8. The second-order valence-corrected chi connectivity index (χ2v) is 8.64. The molecule has 2 heterocycles. The zero-order valence-electron chi connectivity index (χ0n) is 13.6. The molecular formula is C18H11BrFN3O2S2. The van der Waals surface area contributed by atoms with Crippen molar-refractivity contribution >= 4 is 60.8 Å². The Morgan fingerprint density at radius 1 is 1.19 bits per heavy atom. The molecule has 0 aliphatic rings. The molecule has 0 atom stereocenters. The van der Waals surface area contributed by atoms with E-state index in [1.807, 2.05) is 12.1 Å². The predicted molar refractivity (Wildman–Crippen MR) is 109 cm³/mol. The van der Waals surface area contributed by atoms with Gasteiger partial charge in [0.2, 0.25) is 5.13 Å². The van der Waals surface area contributed by atoms with Crippen LogP contribution in [0.2, 0.25) is 0 Å². The van der Waals surface area contributed by atoms with Gasteiger partial charge in [0, 0.05) is 27.4 Å².